The van der Waals surface area contributed by atoms with E-state index in [2.05, 4.69) is 31.2 Å². The molecule has 0 heterocycles. The second-order valence-electron chi connectivity index (χ2n) is 4.59. The van der Waals surface area contributed by atoms with Gasteiger partial charge in [0.05, 0.1) is 13.0 Å². The summed E-state index contributed by atoms with van der Waals surface area (Å²) >= 11 is 0. The van der Waals surface area contributed by atoms with Gasteiger partial charge in [0, 0.05) is 0 Å². The maximum atomic E-state index is 11.5. The number of allylic oxidation sites excluding steroid dienone is 3. The first-order chi connectivity index (χ1) is 8.33. The second-order valence-corrected chi connectivity index (χ2v) is 4.59. The highest BCUT2D eigenvalue weighted by Crippen LogP contribution is 2.20. The summed E-state index contributed by atoms with van der Waals surface area (Å²) in [4.78, 5) is 11.5. The van der Waals surface area contributed by atoms with Crippen LogP contribution >= 0.6 is 0 Å². The predicted octanol–water partition coefficient (Wildman–Crippen LogP) is 4.02. The zero-order chi connectivity index (χ0) is 12.3. The largest absolute Gasteiger partial charge is 0.465 e. The topological polar surface area (TPSA) is 26.3 Å². The first kappa shape index (κ1) is 14.0. The van der Waals surface area contributed by atoms with Gasteiger partial charge in [-0.2, -0.15) is 0 Å². The van der Waals surface area contributed by atoms with E-state index in [4.69, 9.17) is 4.74 Å². The highest BCUT2D eigenvalue weighted by atomic mass is 16.5. The molecule has 0 N–H and O–H groups in total. The van der Waals surface area contributed by atoms with Crippen LogP contribution in [0.1, 0.15) is 51.9 Å². The maximum absolute atomic E-state index is 11.5. The minimum absolute atomic E-state index is 0.0523. The van der Waals surface area contributed by atoms with Gasteiger partial charge in [0.25, 0.3) is 0 Å². The summed E-state index contributed by atoms with van der Waals surface area (Å²) in [5.41, 5.74) is 0. The van der Waals surface area contributed by atoms with Crippen LogP contribution in [0, 0.1) is 5.92 Å². The molecule has 0 fully saturated rings. The molecule has 1 rings (SSSR count). The van der Waals surface area contributed by atoms with Crippen molar-refractivity contribution in [1.29, 1.82) is 0 Å². The molecule has 2 heteroatoms. The summed E-state index contributed by atoms with van der Waals surface area (Å²) in [6.07, 6.45) is 15.8. The van der Waals surface area contributed by atoms with Crippen LogP contribution in [0.4, 0.5) is 0 Å². The normalized spacial score (nSPS) is 19.0. The van der Waals surface area contributed by atoms with Gasteiger partial charge < -0.3 is 4.74 Å². The third-order valence-electron chi connectivity index (χ3n) is 2.98. The Labute approximate surface area is 105 Å². The first-order valence-corrected chi connectivity index (χ1v) is 6.80. The van der Waals surface area contributed by atoms with Crippen LogP contribution in [0.5, 0.6) is 0 Å². The molecule has 0 radical (unpaired) electrons. The van der Waals surface area contributed by atoms with Gasteiger partial charge in [0.15, 0.2) is 0 Å². The molecule has 1 aliphatic rings. The molecule has 1 atom stereocenters. The summed E-state index contributed by atoms with van der Waals surface area (Å²) < 4.78 is 5.19. The molecule has 0 spiro atoms. The van der Waals surface area contributed by atoms with Crippen molar-refractivity contribution in [2.24, 2.45) is 5.92 Å². The van der Waals surface area contributed by atoms with E-state index in [0.717, 1.165) is 25.7 Å². The fourth-order valence-electron chi connectivity index (χ4n) is 1.94. The third-order valence-corrected chi connectivity index (χ3v) is 2.98. The van der Waals surface area contributed by atoms with E-state index in [1.54, 1.807) is 0 Å². The lowest BCUT2D eigenvalue weighted by molar-refractivity contribution is -0.144. The Morgan fingerprint density at radius 3 is 2.94 bits per heavy atom. The van der Waals surface area contributed by atoms with Crippen molar-refractivity contribution in [3.63, 3.8) is 0 Å². The fraction of sp³-hybridized carbons (Fsp3) is 0.667. The van der Waals surface area contributed by atoms with Gasteiger partial charge in [-0.05, 0) is 31.6 Å². The van der Waals surface area contributed by atoms with Crippen molar-refractivity contribution in [2.75, 3.05) is 6.61 Å². The van der Waals surface area contributed by atoms with Crippen molar-refractivity contribution >= 4 is 5.97 Å². The van der Waals surface area contributed by atoms with Crippen LogP contribution in [0.15, 0.2) is 24.3 Å². The molecule has 1 unspecified atom stereocenters. The molecule has 0 aromatic heterocycles. The van der Waals surface area contributed by atoms with Gasteiger partial charge in [0.1, 0.15) is 0 Å². The van der Waals surface area contributed by atoms with Crippen molar-refractivity contribution in [3.8, 4) is 0 Å². The third kappa shape index (κ3) is 6.98. The summed E-state index contributed by atoms with van der Waals surface area (Å²) in [5.74, 6) is 0.367. The van der Waals surface area contributed by atoms with E-state index >= 15 is 0 Å². The van der Waals surface area contributed by atoms with Crippen molar-refractivity contribution < 1.29 is 9.53 Å². The SMILES string of the molecule is CCCC/C=C/CCOC(=O)CC1C=CCC1. The lowest BCUT2D eigenvalue weighted by Crippen LogP contribution is -2.09. The molecule has 2 nitrogen and oxygen atoms in total. The standard InChI is InChI=1S/C15H24O2/c1-2-3-4-5-6-9-12-17-15(16)13-14-10-7-8-11-14/h5-7,10,14H,2-4,8-9,11-13H2,1H3/b6-5+. The Morgan fingerprint density at radius 1 is 1.41 bits per heavy atom. The Bertz CT molecular complexity index is 266. The van der Waals surface area contributed by atoms with Crippen molar-refractivity contribution in [2.45, 2.75) is 51.9 Å². The molecule has 96 valence electrons. The van der Waals surface area contributed by atoms with E-state index in [0.29, 0.717) is 18.9 Å². The van der Waals surface area contributed by atoms with Gasteiger partial charge in [-0.1, -0.05) is 44.1 Å². The number of rotatable bonds is 8. The van der Waals surface area contributed by atoms with Crippen molar-refractivity contribution in [3.05, 3.63) is 24.3 Å². The molecule has 0 saturated carbocycles. The van der Waals surface area contributed by atoms with Crippen LogP contribution in [0.25, 0.3) is 0 Å². The minimum Gasteiger partial charge on any atom is -0.465 e. The molecule has 0 aliphatic heterocycles. The number of hydrogen-bond donors (Lipinski definition) is 0. The second kappa shape index (κ2) is 9.03. The molecule has 1 aliphatic carbocycles. The fourth-order valence-corrected chi connectivity index (χ4v) is 1.94. The predicted molar refractivity (Wildman–Crippen MR) is 70.7 cm³/mol. The number of hydrogen-bond acceptors (Lipinski definition) is 2. The van der Waals surface area contributed by atoms with Crippen LogP contribution in [-0.4, -0.2) is 12.6 Å². The molecular formula is C15H24O2. The zero-order valence-electron chi connectivity index (χ0n) is 10.9. The molecule has 0 aromatic rings. The van der Waals surface area contributed by atoms with E-state index in [1.165, 1.54) is 12.8 Å². The highest BCUT2D eigenvalue weighted by molar-refractivity contribution is 5.70. The van der Waals surface area contributed by atoms with Crippen LogP contribution in [0.2, 0.25) is 0 Å². The first-order valence-electron chi connectivity index (χ1n) is 6.80. The number of carbonyl (C=O) groups excluding carboxylic acids is 1. The summed E-state index contributed by atoms with van der Waals surface area (Å²) in [5, 5.41) is 0. The van der Waals surface area contributed by atoms with Crippen LogP contribution in [0.3, 0.4) is 0 Å². The molecule has 0 amide bonds. The number of unbranched alkanes of at least 4 members (excludes halogenated alkanes) is 2. The van der Waals surface area contributed by atoms with Gasteiger partial charge in [-0.3, -0.25) is 4.79 Å². The monoisotopic (exact) mass is 236 g/mol. The maximum Gasteiger partial charge on any atom is 0.306 e. The zero-order valence-corrected chi connectivity index (χ0v) is 10.9. The summed E-state index contributed by atoms with van der Waals surface area (Å²) in [7, 11) is 0. The number of esters is 1. The molecule has 0 bridgehead atoms. The Hall–Kier alpha value is -1.05. The summed E-state index contributed by atoms with van der Waals surface area (Å²) in [6.45, 7) is 2.71. The average Bonchev–Trinajstić information content (AvgIpc) is 2.80. The Kier molecular flexibility index (Phi) is 7.44. The smallest absolute Gasteiger partial charge is 0.306 e. The van der Waals surface area contributed by atoms with E-state index in [1.807, 2.05) is 0 Å². The molecule has 17 heavy (non-hydrogen) atoms. The molecular weight excluding hydrogens is 212 g/mol. The summed E-state index contributed by atoms with van der Waals surface area (Å²) in [6, 6.07) is 0. The molecule has 0 aromatic carbocycles. The average molecular weight is 236 g/mol. The lowest BCUT2D eigenvalue weighted by atomic mass is 10.1. The van der Waals surface area contributed by atoms with Crippen molar-refractivity contribution in [1.82, 2.24) is 0 Å². The minimum atomic E-state index is -0.0523. The van der Waals surface area contributed by atoms with Gasteiger partial charge in [0.2, 0.25) is 0 Å². The van der Waals surface area contributed by atoms with Gasteiger partial charge >= 0.3 is 5.97 Å². The van der Waals surface area contributed by atoms with Gasteiger partial charge in [-0.15, -0.1) is 0 Å². The Balaban J connectivity index is 1.96. The van der Waals surface area contributed by atoms with E-state index in [-0.39, 0.29) is 5.97 Å². The Morgan fingerprint density at radius 2 is 2.24 bits per heavy atom. The number of ether oxygens (including phenoxy) is 1. The van der Waals surface area contributed by atoms with Crippen LogP contribution in [-0.2, 0) is 9.53 Å². The van der Waals surface area contributed by atoms with E-state index in [9.17, 15) is 4.79 Å². The number of carbonyl (C=O) groups is 1. The van der Waals surface area contributed by atoms with Crippen LogP contribution < -0.4 is 0 Å². The lowest BCUT2D eigenvalue weighted by Gasteiger charge is -2.06. The van der Waals surface area contributed by atoms with E-state index < -0.39 is 0 Å². The van der Waals surface area contributed by atoms with Gasteiger partial charge in [-0.25, -0.2) is 0 Å². The quantitative estimate of drug-likeness (QED) is 0.361. The highest BCUT2D eigenvalue weighted by Gasteiger charge is 2.14. The molecule has 0 saturated heterocycles.